The van der Waals surface area contributed by atoms with Crippen molar-refractivity contribution in [1.82, 2.24) is 14.5 Å². The van der Waals surface area contributed by atoms with Gasteiger partial charge in [-0.15, -0.1) is 11.3 Å². The lowest BCUT2D eigenvalue weighted by atomic mass is 10.2. The summed E-state index contributed by atoms with van der Waals surface area (Å²) in [5, 5.41) is 1.06. The number of para-hydroxylation sites is 1. The molecule has 3 heterocycles. The Kier molecular flexibility index (Phi) is 3.22. The molecule has 1 amide bonds. The molecule has 1 unspecified atom stereocenters. The number of fused-ring (bicyclic) bond motifs is 1. The molecule has 0 saturated carbocycles. The van der Waals surface area contributed by atoms with Crippen molar-refractivity contribution in [3.8, 4) is 0 Å². The summed E-state index contributed by atoms with van der Waals surface area (Å²) >= 11 is 1.71. The fourth-order valence-corrected chi connectivity index (χ4v) is 4.24. The minimum absolute atomic E-state index is 0.106. The van der Waals surface area contributed by atoms with Gasteiger partial charge in [0.2, 0.25) is 0 Å². The Morgan fingerprint density at radius 2 is 2.14 bits per heavy atom. The molecular formula is C17H17N3OS. The second-order valence-corrected chi connectivity index (χ2v) is 6.74. The zero-order chi connectivity index (χ0) is 15.1. The molecule has 5 heteroatoms. The number of nitrogens with zero attached hydrogens (tertiary/aromatic N) is 3. The fourth-order valence-electron chi connectivity index (χ4n) is 3.13. The van der Waals surface area contributed by atoms with Crippen molar-refractivity contribution in [2.75, 3.05) is 6.54 Å². The molecule has 1 saturated heterocycles. The zero-order valence-corrected chi connectivity index (χ0v) is 13.2. The zero-order valence-electron chi connectivity index (χ0n) is 12.4. The number of likely N-dealkylation sites (tertiary alicyclic amines) is 1. The average molecular weight is 311 g/mol. The van der Waals surface area contributed by atoms with E-state index in [0.29, 0.717) is 0 Å². The van der Waals surface area contributed by atoms with Crippen LogP contribution in [-0.4, -0.2) is 26.9 Å². The quantitative estimate of drug-likeness (QED) is 0.725. The van der Waals surface area contributed by atoms with Gasteiger partial charge in [0.15, 0.2) is 0 Å². The summed E-state index contributed by atoms with van der Waals surface area (Å²) in [6, 6.07) is 12.1. The molecule has 0 bridgehead atoms. The number of aromatic nitrogens is 2. The predicted octanol–water partition coefficient (Wildman–Crippen LogP) is 3.61. The minimum Gasteiger partial charge on any atom is -0.347 e. The number of amides is 1. The largest absolute Gasteiger partial charge is 0.347 e. The summed E-state index contributed by atoms with van der Waals surface area (Å²) in [4.78, 5) is 19.5. The number of carbonyl (C=O) groups excluding carboxylic acids is 1. The van der Waals surface area contributed by atoms with Crippen molar-refractivity contribution in [3.05, 3.63) is 53.3 Å². The van der Waals surface area contributed by atoms with Gasteiger partial charge in [0.05, 0.1) is 16.3 Å². The van der Waals surface area contributed by atoms with E-state index in [9.17, 15) is 4.79 Å². The van der Waals surface area contributed by atoms with E-state index in [1.54, 1.807) is 11.3 Å². The van der Waals surface area contributed by atoms with Gasteiger partial charge in [-0.1, -0.05) is 12.1 Å². The van der Waals surface area contributed by atoms with Gasteiger partial charge >= 0.3 is 0 Å². The maximum Gasteiger partial charge on any atom is 0.271 e. The number of aryl methyl sites for hydroxylation is 1. The third kappa shape index (κ3) is 2.13. The number of thiazole rings is 1. The Bertz CT molecular complexity index is 802. The standard InChI is InChI=1S/C17H17N3OS/c1-19-10-4-8-14(19)17(21)20-11-5-7-13(20)16-18-12-6-2-3-9-15(12)22-16/h2-4,6,8-10,13H,5,7,11H2,1H3. The first kappa shape index (κ1) is 13.5. The van der Waals surface area contributed by atoms with E-state index >= 15 is 0 Å². The summed E-state index contributed by atoms with van der Waals surface area (Å²) < 4.78 is 3.08. The first-order chi connectivity index (χ1) is 10.7. The van der Waals surface area contributed by atoms with Crippen LogP contribution in [0.4, 0.5) is 0 Å². The number of rotatable bonds is 2. The Morgan fingerprint density at radius 3 is 2.91 bits per heavy atom. The Hall–Kier alpha value is -2.14. The van der Waals surface area contributed by atoms with E-state index in [2.05, 4.69) is 6.07 Å². The van der Waals surface area contributed by atoms with E-state index in [1.165, 1.54) is 4.70 Å². The van der Waals surface area contributed by atoms with Gasteiger partial charge in [0.25, 0.3) is 5.91 Å². The van der Waals surface area contributed by atoms with E-state index < -0.39 is 0 Å². The molecule has 1 atom stereocenters. The molecule has 0 aliphatic carbocycles. The number of carbonyl (C=O) groups is 1. The maximum atomic E-state index is 12.8. The third-order valence-electron chi connectivity index (χ3n) is 4.27. The van der Waals surface area contributed by atoms with Gasteiger partial charge in [0.1, 0.15) is 10.7 Å². The molecule has 22 heavy (non-hydrogen) atoms. The second-order valence-electron chi connectivity index (χ2n) is 5.68. The van der Waals surface area contributed by atoms with E-state index in [1.807, 2.05) is 53.0 Å². The maximum absolute atomic E-state index is 12.8. The lowest BCUT2D eigenvalue weighted by molar-refractivity contribution is 0.0726. The van der Waals surface area contributed by atoms with Crippen LogP contribution in [0.25, 0.3) is 10.2 Å². The highest BCUT2D eigenvalue weighted by molar-refractivity contribution is 7.18. The van der Waals surface area contributed by atoms with Gasteiger partial charge in [-0.05, 0) is 37.1 Å². The molecule has 3 aromatic rings. The van der Waals surface area contributed by atoms with Crippen LogP contribution >= 0.6 is 11.3 Å². The van der Waals surface area contributed by atoms with Crippen LogP contribution in [0.2, 0.25) is 0 Å². The van der Waals surface area contributed by atoms with Crippen molar-refractivity contribution in [2.24, 2.45) is 7.05 Å². The molecule has 1 aliphatic heterocycles. The van der Waals surface area contributed by atoms with Crippen LogP contribution in [0.5, 0.6) is 0 Å². The molecule has 2 aromatic heterocycles. The van der Waals surface area contributed by atoms with Gasteiger partial charge in [0, 0.05) is 19.8 Å². The van der Waals surface area contributed by atoms with Crippen molar-refractivity contribution < 1.29 is 4.79 Å². The lowest BCUT2D eigenvalue weighted by Crippen LogP contribution is -2.31. The molecule has 0 N–H and O–H groups in total. The number of benzene rings is 1. The van der Waals surface area contributed by atoms with Crippen LogP contribution in [0.1, 0.15) is 34.4 Å². The second kappa shape index (κ2) is 5.25. The molecule has 4 rings (SSSR count). The highest BCUT2D eigenvalue weighted by Crippen LogP contribution is 2.37. The first-order valence-electron chi connectivity index (χ1n) is 7.52. The van der Waals surface area contributed by atoms with E-state index in [4.69, 9.17) is 4.98 Å². The summed E-state index contributed by atoms with van der Waals surface area (Å²) in [6.07, 6.45) is 3.95. The fraction of sp³-hybridized carbons (Fsp3) is 0.294. The average Bonchev–Trinajstić information content (AvgIpc) is 3.24. The SMILES string of the molecule is Cn1cccc1C(=O)N1CCCC1c1nc2ccccc2s1. The molecule has 1 aromatic carbocycles. The summed E-state index contributed by atoms with van der Waals surface area (Å²) in [5.41, 5.74) is 1.77. The van der Waals surface area contributed by atoms with Crippen molar-refractivity contribution in [1.29, 1.82) is 0 Å². The molecule has 0 radical (unpaired) electrons. The lowest BCUT2D eigenvalue weighted by Gasteiger charge is -2.23. The smallest absolute Gasteiger partial charge is 0.271 e. The van der Waals surface area contributed by atoms with Gasteiger partial charge in [-0.2, -0.15) is 0 Å². The van der Waals surface area contributed by atoms with Crippen LogP contribution in [0.15, 0.2) is 42.6 Å². The van der Waals surface area contributed by atoms with E-state index in [0.717, 1.165) is 35.6 Å². The molecule has 112 valence electrons. The summed E-state index contributed by atoms with van der Waals surface area (Å²) in [7, 11) is 1.91. The van der Waals surface area contributed by atoms with Crippen molar-refractivity contribution in [2.45, 2.75) is 18.9 Å². The summed E-state index contributed by atoms with van der Waals surface area (Å²) in [5.74, 6) is 0.106. The van der Waals surface area contributed by atoms with Gasteiger partial charge in [-0.3, -0.25) is 4.79 Å². The molecule has 4 nitrogen and oxygen atoms in total. The predicted molar refractivity (Wildman–Crippen MR) is 88.0 cm³/mol. The molecule has 1 aliphatic rings. The van der Waals surface area contributed by atoms with Crippen molar-refractivity contribution in [3.63, 3.8) is 0 Å². The highest BCUT2D eigenvalue weighted by Gasteiger charge is 2.33. The Morgan fingerprint density at radius 1 is 1.27 bits per heavy atom. The molecule has 0 spiro atoms. The first-order valence-corrected chi connectivity index (χ1v) is 8.33. The Labute approximate surface area is 133 Å². The van der Waals surface area contributed by atoms with Gasteiger partial charge in [-0.25, -0.2) is 4.98 Å². The third-order valence-corrected chi connectivity index (χ3v) is 5.41. The Balaban J connectivity index is 1.69. The van der Waals surface area contributed by atoms with Gasteiger partial charge < -0.3 is 9.47 Å². The van der Waals surface area contributed by atoms with Crippen LogP contribution in [-0.2, 0) is 7.05 Å². The molecular weight excluding hydrogens is 294 g/mol. The number of hydrogen-bond acceptors (Lipinski definition) is 3. The monoisotopic (exact) mass is 311 g/mol. The molecule has 1 fully saturated rings. The van der Waals surface area contributed by atoms with E-state index in [-0.39, 0.29) is 11.9 Å². The summed E-state index contributed by atoms with van der Waals surface area (Å²) in [6.45, 7) is 0.810. The number of hydrogen-bond donors (Lipinski definition) is 0. The van der Waals surface area contributed by atoms with Crippen LogP contribution < -0.4 is 0 Å². The topological polar surface area (TPSA) is 38.1 Å². The minimum atomic E-state index is 0.106. The van der Waals surface area contributed by atoms with Crippen LogP contribution in [0.3, 0.4) is 0 Å². The highest BCUT2D eigenvalue weighted by atomic mass is 32.1. The van der Waals surface area contributed by atoms with Crippen LogP contribution in [0, 0.1) is 0 Å². The van der Waals surface area contributed by atoms with Crippen molar-refractivity contribution >= 4 is 27.5 Å². The normalized spacial score (nSPS) is 18.2.